The molecule has 6 aromatic heterocycles. The normalized spacial score (nSPS) is 12.2. The molecule has 19 rings (SSSR count). The first-order valence-electron chi connectivity index (χ1n) is 30.2. The van der Waals surface area contributed by atoms with Gasteiger partial charge >= 0.3 is 0 Å². The number of fused-ring (bicyclic) bond motifs is 16. The zero-order valence-corrected chi connectivity index (χ0v) is 47.9. The van der Waals surface area contributed by atoms with E-state index < -0.39 is 0 Å². The van der Waals surface area contributed by atoms with E-state index >= 15 is 0 Å². The lowest BCUT2D eigenvalue weighted by Gasteiger charge is -2.12. The first-order chi connectivity index (χ1) is 44.1. The molecule has 9 heteroatoms. The molecule has 0 aliphatic heterocycles. The van der Waals surface area contributed by atoms with Crippen LogP contribution >= 0.6 is 0 Å². The van der Waals surface area contributed by atoms with E-state index in [0.29, 0.717) is 11.9 Å². The van der Waals surface area contributed by atoms with Gasteiger partial charge in [-0.2, -0.15) is 0 Å². The minimum absolute atomic E-state index is 0.563. The highest BCUT2D eigenvalue weighted by molar-refractivity contribution is 6.20. The molecule has 18 aromatic rings. The first-order valence-corrected chi connectivity index (χ1v) is 30.2. The van der Waals surface area contributed by atoms with Crippen LogP contribution in [0.25, 0.3) is 166 Å². The molecule has 0 fully saturated rings. The Balaban J connectivity index is 0.821. The van der Waals surface area contributed by atoms with Gasteiger partial charge in [0.25, 0.3) is 0 Å². The molecular formula is C80H49N9. The van der Waals surface area contributed by atoms with Gasteiger partial charge in [0.1, 0.15) is 12.7 Å². The van der Waals surface area contributed by atoms with Gasteiger partial charge in [-0.05, 0) is 142 Å². The Hall–Kier alpha value is -12.1. The Morgan fingerprint density at radius 2 is 0.708 bits per heavy atom. The number of aromatic nitrogens is 9. The van der Waals surface area contributed by atoms with Crippen LogP contribution in [0.5, 0.6) is 0 Å². The molecule has 414 valence electrons. The molecule has 0 spiro atoms. The van der Waals surface area contributed by atoms with Gasteiger partial charge in [0.2, 0.25) is 11.9 Å². The smallest absolute Gasteiger partial charge is 0.237 e. The van der Waals surface area contributed by atoms with Crippen molar-refractivity contribution in [2.75, 3.05) is 0 Å². The van der Waals surface area contributed by atoms with E-state index in [1.807, 2.05) is 12.1 Å². The largest absolute Gasteiger partial charge is 0.309 e. The molecule has 0 unspecified atom stereocenters. The lowest BCUT2D eigenvalue weighted by molar-refractivity contribution is 0.939. The Morgan fingerprint density at radius 1 is 0.270 bits per heavy atom. The van der Waals surface area contributed by atoms with Crippen LogP contribution < -0.4 is 0 Å². The van der Waals surface area contributed by atoms with Crippen LogP contribution in [0.15, 0.2) is 286 Å². The summed E-state index contributed by atoms with van der Waals surface area (Å²) in [4.78, 5) is 24.6. The van der Waals surface area contributed by atoms with Gasteiger partial charge in [0.05, 0.1) is 55.5 Å². The summed E-state index contributed by atoms with van der Waals surface area (Å²) < 4.78 is 9.31. The fourth-order valence-electron chi connectivity index (χ4n) is 14.5. The number of hydrogen-bond donors (Lipinski definition) is 0. The van der Waals surface area contributed by atoms with Crippen molar-refractivity contribution in [1.82, 2.24) is 43.2 Å². The second-order valence-electron chi connectivity index (χ2n) is 23.3. The third kappa shape index (κ3) is 7.52. The average molecular weight is 1140 g/mol. The maximum absolute atomic E-state index is 5.46. The third-order valence-corrected chi connectivity index (χ3v) is 18.5. The van der Waals surface area contributed by atoms with Crippen LogP contribution in [0.2, 0.25) is 0 Å². The SMILES string of the molecule is c1ccc(-c2cc(-c3ccccc3)nc(-n3c4ccc(-c5ccc6c(c5)c5cc(-c7ccc8c(c7)c7ccc9c(c7n8-c7ccccc7)Cc7ccccc7-9)ccc5n6-c5ncncn5)cc4c4cc5c(cc43)c3ccccc3n5-c3ccccc3)n2)cc1. The molecule has 0 atom stereocenters. The lowest BCUT2D eigenvalue weighted by Crippen LogP contribution is -2.04. The summed E-state index contributed by atoms with van der Waals surface area (Å²) >= 11 is 0. The number of para-hydroxylation sites is 3. The molecule has 0 bridgehead atoms. The van der Waals surface area contributed by atoms with Gasteiger partial charge in [-0.1, -0.05) is 176 Å². The fraction of sp³-hybridized carbons (Fsp3) is 0.0125. The van der Waals surface area contributed by atoms with Crippen LogP contribution in [0.4, 0.5) is 0 Å². The summed E-state index contributed by atoms with van der Waals surface area (Å²) in [6.45, 7) is 0. The number of nitrogens with zero attached hydrogens (tertiary/aromatic N) is 9. The van der Waals surface area contributed by atoms with Crippen molar-refractivity contribution in [3.05, 3.63) is 297 Å². The second kappa shape index (κ2) is 19.2. The Labute approximate surface area is 510 Å². The summed E-state index contributed by atoms with van der Waals surface area (Å²) in [6, 6.07) is 99.0. The maximum atomic E-state index is 5.46. The molecule has 1 aliphatic carbocycles. The van der Waals surface area contributed by atoms with Gasteiger partial charge in [0, 0.05) is 72.0 Å². The molecule has 0 N–H and O–H groups in total. The summed E-state index contributed by atoms with van der Waals surface area (Å²) in [7, 11) is 0. The molecule has 0 radical (unpaired) electrons. The van der Waals surface area contributed by atoms with Gasteiger partial charge in [-0.15, -0.1) is 0 Å². The van der Waals surface area contributed by atoms with Crippen molar-refractivity contribution < 1.29 is 0 Å². The van der Waals surface area contributed by atoms with E-state index in [1.165, 1.54) is 49.4 Å². The summed E-state index contributed by atoms with van der Waals surface area (Å²) in [6.07, 6.45) is 4.05. The fourth-order valence-corrected chi connectivity index (χ4v) is 14.5. The van der Waals surface area contributed by atoms with Crippen molar-refractivity contribution >= 4 is 87.2 Å². The quantitative estimate of drug-likeness (QED) is 0.151. The predicted molar refractivity (Wildman–Crippen MR) is 363 cm³/mol. The zero-order valence-electron chi connectivity index (χ0n) is 47.9. The Morgan fingerprint density at radius 3 is 1.29 bits per heavy atom. The van der Waals surface area contributed by atoms with Crippen molar-refractivity contribution in [2.24, 2.45) is 0 Å². The second-order valence-corrected chi connectivity index (χ2v) is 23.3. The number of rotatable bonds is 8. The van der Waals surface area contributed by atoms with E-state index in [1.54, 1.807) is 12.7 Å². The molecule has 0 amide bonds. The Bertz CT molecular complexity index is 5870. The minimum atomic E-state index is 0.563. The van der Waals surface area contributed by atoms with Crippen molar-refractivity contribution in [1.29, 1.82) is 0 Å². The van der Waals surface area contributed by atoms with Gasteiger partial charge in [-0.25, -0.2) is 24.9 Å². The van der Waals surface area contributed by atoms with Gasteiger partial charge in [0.15, 0.2) is 0 Å². The van der Waals surface area contributed by atoms with Gasteiger partial charge in [-0.3, -0.25) is 9.13 Å². The molecule has 1 aliphatic rings. The van der Waals surface area contributed by atoms with Crippen LogP contribution in [-0.4, -0.2) is 43.2 Å². The zero-order chi connectivity index (χ0) is 58.3. The van der Waals surface area contributed by atoms with Crippen molar-refractivity contribution in [3.8, 4) is 79.2 Å². The predicted octanol–water partition coefficient (Wildman–Crippen LogP) is 19.3. The molecular weight excluding hydrogens is 1090 g/mol. The molecule has 0 saturated carbocycles. The van der Waals surface area contributed by atoms with Gasteiger partial charge < -0.3 is 9.13 Å². The van der Waals surface area contributed by atoms with Crippen LogP contribution in [0.1, 0.15) is 11.1 Å². The van der Waals surface area contributed by atoms with E-state index in [2.05, 4.69) is 284 Å². The van der Waals surface area contributed by atoms with Crippen LogP contribution in [0.3, 0.4) is 0 Å². The highest BCUT2D eigenvalue weighted by Crippen LogP contribution is 2.47. The van der Waals surface area contributed by atoms with E-state index in [0.717, 1.165) is 123 Å². The van der Waals surface area contributed by atoms with Crippen molar-refractivity contribution in [3.63, 3.8) is 0 Å². The lowest BCUT2D eigenvalue weighted by atomic mass is 9.98. The standard InChI is InChI=1S/C80H49N9/c1-5-17-49(18-6-1)69-46-70(50-19-7-2-8-20-50)85-80(84-69)89-75-38-32-54(42-65(75)67-45-76-66(44-77(67)89)60-27-15-16-28-71(60)86(76)56-22-9-3-10-23-56)53-31-37-74-64(41-53)63-40-52(30-36-73(63)88(74)79-82-47-81-48-83-79)51-29-35-72-62(39-51)61-34-33-59-58-26-14-13-21-55(58)43-68(59)78(61)87(72)57-24-11-4-12-25-57/h1-42,44-48H,43H2. The van der Waals surface area contributed by atoms with E-state index in [-0.39, 0.29) is 0 Å². The summed E-state index contributed by atoms with van der Waals surface area (Å²) in [5, 5.41) is 9.18. The molecule has 0 saturated heterocycles. The average Bonchev–Trinajstić information content (AvgIpc) is 1.62. The molecule has 6 heterocycles. The maximum Gasteiger partial charge on any atom is 0.237 e. The van der Waals surface area contributed by atoms with E-state index in [9.17, 15) is 0 Å². The monoisotopic (exact) mass is 1140 g/mol. The molecule has 89 heavy (non-hydrogen) atoms. The van der Waals surface area contributed by atoms with Crippen LogP contribution in [-0.2, 0) is 6.42 Å². The first kappa shape index (κ1) is 49.2. The van der Waals surface area contributed by atoms with E-state index in [4.69, 9.17) is 19.9 Å². The molecule has 9 nitrogen and oxygen atoms in total. The summed E-state index contributed by atoms with van der Waals surface area (Å²) in [5.41, 5.74) is 24.6. The highest BCUT2D eigenvalue weighted by atomic mass is 15.2. The number of hydrogen-bond acceptors (Lipinski definition) is 5. The Kier molecular flexibility index (Phi) is 10.6. The summed E-state index contributed by atoms with van der Waals surface area (Å²) in [5.74, 6) is 1.16. The topological polar surface area (TPSA) is 84.2 Å². The third-order valence-electron chi connectivity index (χ3n) is 18.5. The highest BCUT2D eigenvalue weighted by Gasteiger charge is 2.27. The van der Waals surface area contributed by atoms with Crippen molar-refractivity contribution in [2.45, 2.75) is 6.42 Å². The number of benzene rings is 12. The molecule has 12 aromatic carbocycles. The minimum Gasteiger partial charge on any atom is -0.309 e. The van der Waals surface area contributed by atoms with Crippen LogP contribution in [0, 0.1) is 0 Å².